The largest absolute Gasteiger partial charge is 0.435 e. The van der Waals surface area contributed by atoms with Crippen LogP contribution in [0.5, 0.6) is 5.75 Å². The van der Waals surface area contributed by atoms with Gasteiger partial charge in [-0.3, -0.25) is 9.69 Å². The molecule has 1 aliphatic heterocycles. The second-order valence-electron chi connectivity index (χ2n) is 4.80. The maximum atomic E-state index is 12.0. The summed E-state index contributed by atoms with van der Waals surface area (Å²) in [4.78, 5) is 15.3. The molecule has 0 unspecified atom stereocenters. The van der Waals surface area contributed by atoms with E-state index < -0.39 is 6.61 Å². The van der Waals surface area contributed by atoms with Crippen LogP contribution in [0.3, 0.4) is 0 Å². The molecular weight excluding hydrogens is 266 g/mol. The predicted molar refractivity (Wildman–Crippen MR) is 70.6 cm³/mol. The van der Waals surface area contributed by atoms with Crippen LogP contribution in [-0.4, -0.2) is 48.5 Å². The number of hydrogen-bond acceptors (Lipinski definition) is 3. The van der Waals surface area contributed by atoms with Gasteiger partial charge in [0.15, 0.2) is 0 Å². The standard InChI is InChI=1S/C14H18F2N2O2/c1-11(19)18-8-6-17(7-9-18)10-12-2-4-13(5-3-12)20-14(15)16/h2-5,14H,6-10H2,1H3. The van der Waals surface area contributed by atoms with E-state index in [0.717, 1.165) is 38.3 Å². The molecule has 1 heterocycles. The van der Waals surface area contributed by atoms with E-state index in [4.69, 9.17) is 0 Å². The van der Waals surface area contributed by atoms with Gasteiger partial charge in [-0.25, -0.2) is 0 Å². The summed E-state index contributed by atoms with van der Waals surface area (Å²) >= 11 is 0. The van der Waals surface area contributed by atoms with Crippen LogP contribution in [0.4, 0.5) is 8.78 Å². The molecule has 0 aromatic heterocycles. The average molecular weight is 284 g/mol. The van der Waals surface area contributed by atoms with E-state index in [1.807, 2.05) is 4.90 Å². The zero-order chi connectivity index (χ0) is 14.5. The van der Waals surface area contributed by atoms with Gasteiger partial charge in [-0.15, -0.1) is 0 Å². The highest BCUT2D eigenvalue weighted by Crippen LogP contribution is 2.16. The first kappa shape index (κ1) is 14.7. The Morgan fingerprint density at radius 2 is 1.80 bits per heavy atom. The molecule has 0 saturated carbocycles. The smallest absolute Gasteiger partial charge is 0.387 e. The van der Waals surface area contributed by atoms with E-state index in [1.165, 1.54) is 0 Å². The fourth-order valence-electron chi connectivity index (χ4n) is 2.26. The monoisotopic (exact) mass is 284 g/mol. The molecule has 0 spiro atoms. The molecule has 0 bridgehead atoms. The number of nitrogens with zero attached hydrogens (tertiary/aromatic N) is 2. The van der Waals surface area contributed by atoms with E-state index in [0.29, 0.717) is 0 Å². The molecule has 110 valence electrons. The molecule has 1 saturated heterocycles. The molecule has 1 aromatic carbocycles. The second-order valence-corrected chi connectivity index (χ2v) is 4.80. The van der Waals surface area contributed by atoms with Crippen LogP contribution >= 0.6 is 0 Å². The molecule has 20 heavy (non-hydrogen) atoms. The number of ether oxygens (including phenoxy) is 1. The minimum absolute atomic E-state index is 0.109. The van der Waals surface area contributed by atoms with Crippen molar-refractivity contribution in [2.45, 2.75) is 20.1 Å². The van der Waals surface area contributed by atoms with Crippen molar-refractivity contribution in [2.24, 2.45) is 0 Å². The van der Waals surface area contributed by atoms with Crippen molar-refractivity contribution in [3.8, 4) is 5.75 Å². The third kappa shape index (κ3) is 4.16. The molecule has 6 heteroatoms. The van der Waals surface area contributed by atoms with Crippen molar-refractivity contribution in [1.82, 2.24) is 9.80 Å². The maximum Gasteiger partial charge on any atom is 0.387 e. The van der Waals surface area contributed by atoms with Crippen LogP contribution < -0.4 is 4.74 Å². The minimum atomic E-state index is -2.79. The number of amides is 1. The molecule has 1 amide bonds. The summed E-state index contributed by atoms with van der Waals surface area (Å²) in [5.74, 6) is 0.281. The molecule has 1 aliphatic rings. The topological polar surface area (TPSA) is 32.8 Å². The van der Waals surface area contributed by atoms with Gasteiger partial charge < -0.3 is 9.64 Å². The van der Waals surface area contributed by atoms with Crippen molar-refractivity contribution in [3.05, 3.63) is 29.8 Å². The molecule has 2 rings (SSSR count). The highest BCUT2D eigenvalue weighted by Gasteiger charge is 2.18. The summed E-state index contributed by atoms with van der Waals surface area (Å²) in [6, 6.07) is 6.67. The van der Waals surface area contributed by atoms with E-state index in [1.54, 1.807) is 31.2 Å². The van der Waals surface area contributed by atoms with Gasteiger partial charge in [0.25, 0.3) is 0 Å². The first-order valence-corrected chi connectivity index (χ1v) is 6.56. The Morgan fingerprint density at radius 3 is 2.30 bits per heavy atom. The van der Waals surface area contributed by atoms with Gasteiger partial charge in [-0.2, -0.15) is 8.78 Å². The van der Waals surface area contributed by atoms with Gasteiger partial charge in [0.05, 0.1) is 0 Å². The molecule has 0 N–H and O–H groups in total. The SMILES string of the molecule is CC(=O)N1CCN(Cc2ccc(OC(F)F)cc2)CC1. The van der Waals surface area contributed by atoms with Crippen molar-refractivity contribution in [1.29, 1.82) is 0 Å². The van der Waals surface area contributed by atoms with Gasteiger partial charge in [0.1, 0.15) is 5.75 Å². The van der Waals surface area contributed by atoms with Crippen molar-refractivity contribution < 1.29 is 18.3 Å². The Hall–Kier alpha value is -1.69. The number of benzene rings is 1. The van der Waals surface area contributed by atoms with E-state index in [9.17, 15) is 13.6 Å². The van der Waals surface area contributed by atoms with E-state index >= 15 is 0 Å². The van der Waals surface area contributed by atoms with Gasteiger partial charge in [0, 0.05) is 39.6 Å². The van der Waals surface area contributed by atoms with E-state index in [-0.39, 0.29) is 11.7 Å². The van der Waals surface area contributed by atoms with Crippen molar-refractivity contribution in [2.75, 3.05) is 26.2 Å². The van der Waals surface area contributed by atoms with Gasteiger partial charge in [-0.1, -0.05) is 12.1 Å². The Bertz CT molecular complexity index is 443. The molecule has 1 fully saturated rings. The third-order valence-electron chi connectivity index (χ3n) is 3.37. The summed E-state index contributed by atoms with van der Waals surface area (Å²) in [6.07, 6.45) is 0. The number of hydrogen-bond donors (Lipinski definition) is 0. The summed E-state index contributed by atoms with van der Waals surface area (Å²) in [7, 11) is 0. The lowest BCUT2D eigenvalue weighted by Gasteiger charge is -2.34. The zero-order valence-electron chi connectivity index (χ0n) is 11.4. The van der Waals surface area contributed by atoms with Crippen LogP contribution in [0.2, 0.25) is 0 Å². The van der Waals surface area contributed by atoms with Gasteiger partial charge in [-0.05, 0) is 17.7 Å². The van der Waals surface area contributed by atoms with Crippen LogP contribution in [0, 0.1) is 0 Å². The molecule has 0 atom stereocenters. The third-order valence-corrected chi connectivity index (χ3v) is 3.37. The van der Waals surface area contributed by atoms with Crippen molar-refractivity contribution >= 4 is 5.91 Å². The number of alkyl halides is 2. The summed E-state index contributed by atoms with van der Waals surface area (Å²) in [5, 5.41) is 0. The van der Waals surface area contributed by atoms with Gasteiger partial charge >= 0.3 is 6.61 Å². The average Bonchev–Trinajstić information content (AvgIpc) is 2.41. The summed E-state index contributed by atoms with van der Waals surface area (Å²) < 4.78 is 28.4. The lowest BCUT2D eigenvalue weighted by molar-refractivity contribution is -0.130. The molecule has 0 aliphatic carbocycles. The number of piperazine rings is 1. The first-order valence-electron chi connectivity index (χ1n) is 6.56. The Labute approximate surface area is 116 Å². The lowest BCUT2D eigenvalue weighted by Crippen LogP contribution is -2.47. The van der Waals surface area contributed by atoms with E-state index in [2.05, 4.69) is 9.64 Å². The number of carbonyl (C=O) groups is 1. The van der Waals surface area contributed by atoms with Crippen LogP contribution in [0.15, 0.2) is 24.3 Å². The summed E-state index contributed by atoms with van der Waals surface area (Å²) in [5.41, 5.74) is 1.04. The Morgan fingerprint density at radius 1 is 1.20 bits per heavy atom. The van der Waals surface area contributed by atoms with Crippen molar-refractivity contribution in [3.63, 3.8) is 0 Å². The second kappa shape index (κ2) is 6.65. The molecular formula is C14H18F2N2O2. The minimum Gasteiger partial charge on any atom is -0.435 e. The highest BCUT2D eigenvalue weighted by atomic mass is 19.3. The fourth-order valence-corrected chi connectivity index (χ4v) is 2.26. The molecule has 4 nitrogen and oxygen atoms in total. The number of halogens is 2. The Kier molecular flexibility index (Phi) is 4.89. The maximum absolute atomic E-state index is 12.0. The van der Waals surface area contributed by atoms with Crippen LogP contribution in [0.25, 0.3) is 0 Å². The van der Waals surface area contributed by atoms with Crippen LogP contribution in [-0.2, 0) is 11.3 Å². The normalized spacial score (nSPS) is 16.5. The molecule has 1 aromatic rings. The lowest BCUT2D eigenvalue weighted by atomic mass is 10.2. The molecule has 0 radical (unpaired) electrons. The highest BCUT2D eigenvalue weighted by molar-refractivity contribution is 5.73. The predicted octanol–water partition coefficient (Wildman–Crippen LogP) is 1.95. The Balaban J connectivity index is 1.83. The fraction of sp³-hybridized carbons (Fsp3) is 0.500. The quantitative estimate of drug-likeness (QED) is 0.847. The number of carbonyl (C=O) groups excluding carboxylic acids is 1. The zero-order valence-corrected chi connectivity index (χ0v) is 11.4. The van der Waals surface area contributed by atoms with Gasteiger partial charge in [0.2, 0.25) is 5.91 Å². The van der Waals surface area contributed by atoms with Crippen LogP contribution in [0.1, 0.15) is 12.5 Å². The number of rotatable bonds is 4. The first-order chi connectivity index (χ1) is 9.54. The summed E-state index contributed by atoms with van der Waals surface area (Å²) in [6.45, 7) is 2.67.